The Bertz CT molecular complexity index is 748. The summed E-state index contributed by atoms with van der Waals surface area (Å²) in [5.74, 6) is 0.0170. The van der Waals surface area contributed by atoms with Crippen molar-refractivity contribution in [2.24, 2.45) is 0 Å². The molecule has 0 spiro atoms. The van der Waals surface area contributed by atoms with Crippen molar-refractivity contribution >= 4 is 34.1 Å². The topological polar surface area (TPSA) is 58.1 Å². The molecule has 3 rings (SSSR count). The summed E-state index contributed by atoms with van der Waals surface area (Å²) in [6, 6.07) is 6.84. The number of carbonyl (C=O) groups is 1. The Morgan fingerprint density at radius 1 is 1.44 bits per heavy atom. The quantitative estimate of drug-likeness (QED) is 0.534. The second-order valence-electron chi connectivity index (χ2n) is 5.68. The van der Waals surface area contributed by atoms with Crippen molar-refractivity contribution in [3.63, 3.8) is 0 Å². The first-order valence-electron chi connectivity index (χ1n) is 8.01. The fourth-order valence-corrected chi connectivity index (χ4v) is 3.97. The average molecular weight is 378 g/mol. The molecule has 0 bridgehead atoms. The van der Waals surface area contributed by atoms with Gasteiger partial charge in [0.05, 0.1) is 5.75 Å². The normalized spacial score (nSPS) is 13.5. The number of anilines is 1. The van der Waals surface area contributed by atoms with Crippen LogP contribution in [0, 0.1) is 5.82 Å². The number of benzene rings is 1. The van der Waals surface area contributed by atoms with Crippen molar-refractivity contribution < 1.29 is 9.18 Å². The SMILES string of the molecule is C=CCNc1nnc(SCC(=O)N(Cc2ccccc2F)C2CC2)s1. The molecule has 5 nitrogen and oxygen atoms in total. The van der Waals surface area contributed by atoms with Gasteiger partial charge in [-0.1, -0.05) is 47.4 Å². The van der Waals surface area contributed by atoms with Gasteiger partial charge in [0.2, 0.25) is 11.0 Å². The molecule has 1 aliphatic rings. The van der Waals surface area contributed by atoms with E-state index >= 15 is 0 Å². The molecule has 1 saturated carbocycles. The highest BCUT2D eigenvalue weighted by Crippen LogP contribution is 2.31. The summed E-state index contributed by atoms with van der Waals surface area (Å²) < 4.78 is 14.6. The number of carbonyl (C=O) groups excluding carboxylic acids is 1. The zero-order chi connectivity index (χ0) is 17.6. The van der Waals surface area contributed by atoms with Crippen LogP contribution >= 0.6 is 23.1 Å². The van der Waals surface area contributed by atoms with Crippen molar-refractivity contribution in [2.45, 2.75) is 29.8 Å². The molecular formula is C17H19FN4OS2. The van der Waals surface area contributed by atoms with Crippen LogP contribution in [0.4, 0.5) is 9.52 Å². The number of aromatic nitrogens is 2. The van der Waals surface area contributed by atoms with Gasteiger partial charge in [-0.3, -0.25) is 4.79 Å². The Labute approximate surface area is 154 Å². The molecule has 1 aliphatic carbocycles. The Hall–Kier alpha value is -1.93. The molecule has 2 aromatic rings. The number of amides is 1. The monoisotopic (exact) mass is 378 g/mol. The van der Waals surface area contributed by atoms with Crippen molar-refractivity contribution in [2.75, 3.05) is 17.6 Å². The molecule has 132 valence electrons. The third-order valence-electron chi connectivity index (χ3n) is 3.73. The van der Waals surface area contributed by atoms with Gasteiger partial charge in [-0.2, -0.15) is 0 Å². The molecule has 0 unspecified atom stereocenters. The smallest absolute Gasteiger partial charge is 0.233 e. The number of halogens is 1. The van der Waals surface area contributed by atoms with Crippen LogP contribution in [0.1, 0.15) is 18.4 Å². The van der Waals surface area contributed by atoms with Gasteiger partial charge in [0.1, 0.15) is 5.82 Å². The lowest BCUT2D eigenvalue weighted by molar-refractivity contribution is -0.129. The van der Waals surface area contributed by atoms with Gasteiger partial charge in [0, 0.05) is 24.7 Å². The fourth-order valence-electron chi connectivity index (χ4n) is 2.32. The summed E-state index contributed by atoms with van der Waals surface area (Å²) in [7, 11) is 0. The molecule has 0 radical (unpaired) electrons. The Morgan fingerprint density at radius 2 is 2.24 bits per heavy atom. The Kier molecular flexibility index (Phi) is 6.04. The number of hydrogen-bond donors (Lipinski definition) is 1. The molecule has 1 N–H and O–H groups in total. The van der Waals surface area contributed by atoms with E-state index in [4.69, 9.17) is 0 Å². The molecule has 1 aromatic carbocycles. The minimum absolute atomic E-state index is 0.00607. The Balaban J connectivity index is 1.57. The molecule has 8 heteroatoms. The number of nitrogens with one attached hydrogen (secondary N) is 1. The minimum Gasteiger partial charge on any atom is -0.357 e. The second-order valence-corrected chi connectivity index (χ2v) is 7.88. The lowest BCUT2D eigenvalue weighted by Crippen LogP contribution is -2.34. The van der Waals surface area contributed by atoms with E-state index in [1.165, 1.54) is 29.2 Å². The predicted molar refractivity (Wildman–Crippen MR) is 99.3 cm³/mol. The number of hydrogen-bond acceptors (Lipinski definition) is 6. The Morgan fingerprint density at radius 3 is 2.96 bits per heavy atom. The van der Waals surface area contributed by atoms with E-state index in [0.717, 1.165) is 17.2 Å². The van der Waals surface area contributed by atoms with E-state index in [-0.39, 0.29) is 23.5 Å². The molecular weight excluding hydrogens is 359 g/mol. The summed E-state index contributed by atoms with van der Waals surface area (Å²) in [4.78, 5) is 14.4. The summed E-state index contributed by atoms with van der Waals surface area (Å²) >= 11 is 2.77. The number of thioether (sulfide) groups is 1. The maximum Gasteiger partial charge on any atom is 0.233 e. The van der Waals surface area contributed by atoms with Crippen LogP contribution < -0.4 is 5.32 Å². The van der Waals surface area contributed by atoms with Gasteiger partial charge in [-0.15, -0.1) is 16.8 Å². The number of nitrogens with zero attached hydrogens (tertiary/aromatic N) is 3. The second kappa shape index (κ2) is 8.44. The average Bonchev–Trinajstić information content (AvgIpc) is 3.35. The maximum atomic E-state index is 13.9. The summed E-state index contributed by atoms with van der Waals surface area (Å²) in [6.07, 6.45) is 3.71. The standard InChI is InChI=1S/C17H19FN4OS2/c1-2-9-19-16-20-21-17(25-16)24-11-15(23)22(13-7-8-13)10-12-5-3-4-6-14(12)18/h2-6,13H,1,7-11H2,(H,19,20). The summed E-state index contributed by atoms with van der Waals surface area (Å²) in [5.41, 5.74) is 0.555. The van der Waals surface area contributed by atoms with Crippen molar-refractivity contribution in [1.29, 1.82) is 0 Å². The maximum absolute atomic E-state index is 13.9. The van der Waals surface area contributed by atoms with E-state index in [9.17, 15) is 9.18 Å². The highest BCUT2D eigenvalue weighted by Gasteiger charge is 2.33. The molecule has 0 aliphatic heterocycles. The van der Waals surface area contributed by atoms with Crippen molar-refractivity contribution in [3.8, 4) is 0 Å². The summed E-state index contributed by atoms with van der Waals surface area (Å²) in [6.45, 7) is 4.58. The van der Waals surface area contributed by atoms with Crippen LogP contribution in [0.5, 0.6) is 0 Å². The number of rotatable bonds is 9. The van der Waals surface area contributed by atoms with E-state index in [1.807, 2.05) is 0 Å². The molecule has 1 fully saturated rings. The van der Waals surface area contributed by atoms with Crippen LogP contribution in [0.25, 0.3) is 0 Å². The van der Waals surface area contributed by atoms with Gasteiger partial charge < -0.3 is 10.2 Å². The third-order valence-corrected chi connectivity index (χ3v) is 5.73. The van der Waals surface area contributed by atoms with E-state index < -0.39 is 0 Å². The molecule has 0 saturated heterocycles. The van der Waals surface area contributed by atoms with E-state index in [2.05, 4.69) is 22.1 Å². The third kappa shape index (κ3) is 5.02. The van der Waals surface area contributed by atoms with Gasteiger partial charge in [0.15, 0.2) is 4.34 Å². The first-order chi connectivity index (χ1) is 12.2. The van der Waals surface area contributed by atoms with Crippen LogP contribution in [0.3, 0.4) is 0 Å². The van der Waals surface area contributed by atoms with Gasteiger partial charge >= 0.3 is 0 Å². The van der Waals surface area contributed by atoms with Crippen LogP contribution in [-0.4, -0.2) is 39.3 Å². The van der Waals surface area contributed by atoms with Crippen LogP contribution in [0.15, 0.2) is 41.3 Å². The molecule has 1 heterocycles. The molecule has 1 amide bonds. The molecule has 25 heavy (non-hydrogen) atoms. The van der Waals surface area contributed by atoms with Gasteiger partial charge in [-0.25, -0.2) is 4.39 Å². The highest BCUT2D eigenvalue weighted by molar-refractivity contribution is 8.01. The first-order valence-corrected chi connectivity index (χ1v) is 9.81. The van der Waals surface area contributed by atoms with Crippen molar-refractivity contribution in [1.82, 2.24) is 15.1 Å². The zero-order valence-electron chi connectivity index (χ0n) is 13.7. The van der Waals surface area contributed by atoms with E-state index in [0.29, 0.717) is 23.8 Å². The first kappa shape index (κ1) is 17.9. The van der Waals surface area contributed by atoms with Gasteiger partial charge in [-0.05, 0) is 18.9 Å². The zero-order valence-corrected chi connectivity index (χ0v) is 15.3. The summed E-state index contributed by atoms with van der Waals surface area (Å²) in [5, 5.41) is 11.9. The van der Waals surface area contributed by atoms with E-state index in [1.54, 1.807) is 29.2 Å². The molecule has 0 atom stereocenters. The minimum atomic E-state index is -0.268. The fraction of sp³-hybridized carbons (Fsp3) is 0.353. The lowest BCUT2D eigenvalue weighted by Gasteiger charge is -2.22. The molecule has 1 aromatic heterocycles. The van der Waals surface area contributed by atoms with Crippen LogP contribution in [-0.2, 0) is 11.3 Å². The largest absolute Gasteiger partial charge is 0.357 e. The van der Waals surface area contributed by atoms with Crippen molar-refractivity contribution in [3.05, 3.63) is 48.3 Å². The van der Waals surface area contributed by atoms with Crippen LogP contribution in [0.2, 0.25) is 0 Å². The predicted octanol–water partition coefficient (Wildman–Crippen LogP) is 3.56. The lowest BCUT2D eigenvalue weighted by atomic mass is 10.2. The van der Waals surface area contributed by atoms with Gasteiger partial charge in [0.25, 0.3) is 0 Å². The highest BCUT2D eigenvalue weighted by atomic mass is 32.2.